The maximum atomic E-state index is 8.76. The molecule has 0 spiro atoms. The average molecular weight is 266 g/mol. The Morgan fingerprint density at radius 3 is 2.82 bits per heavy atom. The molecular weight excluding hydrogens is 248 g/mol. The van der Waals surface area contributed by atoms with Crippen molar-refractivity contribution < 1.29 is 0 Å². The van der Waals surface area contributed by atoms with Crippen LogP contribution in [0.1, 0.15) is 35.4 Å². The van der Waals surface area contributed by atoms with Gasteiger partial charge >= 0.3 is 0 Å². The number of rotatable bonds is 5. The predicted octanol–water partition coefficient (Wildman–Crippen LogP) is 3.39. The molecule has 1 N–H and O–H groups in total. The van der Waals surface area contributed by atoms with Crippen LogP contribution in [0.5, 0.6) is 0 Å². The first-order valence-corrected chi connectivity index (χ1v) is 8.07. The molecular formula is C13H18N2S2. The van der Waals surface area contributed by atoms with E-state index in [4.69, 9.17) is 5.26 Å². The number of thioether (sulfide) groups is 1. The van der Waals surface area contributed by atoms with Crippen LogP contribution in [0.4, 0.5) is 0 Å². The fourth-order valence-electron chi connectivity index (χ4n) is 2.42. The lowest BCUT2D eigenvalue weighted by molar-refractivity contribution is 0.536. The monoisotopic (exact) mass is 266 g/mol. The summed E-state index contributed by atoms with van der Waals surface area (Å²) < 4.78 is 0.468. The van der Waals surface area contributed by atoms with Crippen LogP contribution in [-0.4, -0.2) is 17.5 Å². The average Bonchev–Trinajstić information content (AvgIpc) is 2.98. The zero-order chi connectivity index (χ0) is 12.1. The Morgan fingerprint density at radius 1 is 1.47 bits per heavy atom. The summed E-state index contributed by atoms with van der Waals surface area (Å²) in [5.74, 6) is 0. The molecule has 0 saturated heterocycles. The molecule has 92 valence electrons. The normalized spacial score (nSPS) is 18.1. The second-order valence-corrected chi connectivity index (χ2v) is 7.02. The lowest BCUT2D eigenvalue weighted by Crippen LogP contribution is -2.34. The summed E-state index contributed by atoms with van der Waals surface area (Å²) in [5.41, 5.74) is 0. The van der Waals surface area contributed by atoms with Gasteiger partial charge in [-0.15, -0.1) is 11.3 Å². The Kier molecular flexibility index (Phi) is 4.49. The molecule has 1 saturated carbocycles. The van der Waals surface area contributed by atoms with Gasteiger partial charge in [-0.05, 0) is 31.2 Å². The Morgan fingerprint density at radius 2 is 2.24 bits per heavy atom. The summed E-state index contributed by atoms with van der Waals surface area (Å²) >= 11 is 3.60. The third kappa shape index (κ3) is 3.25. The quantitative estimate of drug-likeness (QED) is 0.887. The number of nitrogens with one attached hydrogen (secondary N) is 1. The predicted molar refractivity (Wildman–Crippen MR) is 75.5 cm³/mol. The highest BCUT2D eigenvalue weighted by Gasteiger charge is 2.32. The van der Waals surface area contributed by atoms with Crippen molar-refractivity contribution in [3.63, 3.8) is 0 Å². The molecule has 17 heavy (non-hydrogen) atoms. The molecule has 1 aliphatic rings. The molecule has 2 nitrogen and oxygen atoms in total. The van der Waals surface area contributed by atoms with E-state index in [1.165, 1.54) is 30.6 Å². The number of nitrogens with zero attached hydrogens (tertiary/aromatic N) is 1. The maximum Gasteiger partial charge on any atom is 0.110 e. The Labute approximate surface area is 111 Å². The standard InChI is InChI=1S/C13H18N2S2/c1-16-13(6-2-3-7-13)10-15-9-12-5-4-11(8-14)17-12/h4-5,15H,2-3,6-7,9-10H2,1H3. The molecule has 0 bridgehead atoms. The molecule has 0 aromatic carbocycles. The van der Waals surface area contributed by atoms with E-state index in [0.29, 0.717) is 4.75 Å². The minimum atomic E-state index is 0.468. The van der Waals surface area contributed by atoms with E-state index >= 15 is 0 Å². The van der Waals surface area contributed by atoms with Gasteiger partial charge in [0.15, 0.2) is 0 Å². The molecule has 0 amide bonds. The van der Waals surface area contributed by atoms with Crippen molar-refractivity contribution in [1.29, 1.82) is 5.26 Å². The lowest BCUT2D eigenvalue weighted by atomic mass is 10.1. The van der Waals surface area contributed by atoms with Gasteiger partial charge in [-0.3, -0.25) is 0 Å². The van der Waals surface area contributed by atoms with E-state index < -0.39 is 0 Å². The first-order chi connectivity index (χ1) is 8.28. The van der Waals surface area contributed by atoms with E-state index in [0.717, 1.165) is 18.0 Å². The van der Waals surface area contributed by atoms with Gasteiger partial charge in [-0.25, -0.2) is 0 Å². The summed E-state index contributed by atoms with van der Waals surface area (Å²) in [6.45, 7) is 1.99. The third-order valence-electron chi connectivity index (χ3n) is 3.47. The first kappa shape index (κ1) is 12.9. The molecule has 0 radical (unpaired) electrons. The Balaban J connectivity index is 1.81. The van der Waals surface area contributed by atoms with E-state index in [2.05, 4.69) is 23.7 Å². The minimum Gasteiger partial charge on any atom is -0.310 e. The van der Waals surface area contributed by atoms with Gasteiger partial charge in [0.05, 0.1) is 0 Å². The summed E-state index contributed by atoms with van der Waals surface area (Å²) in [7, 11) is 0. The highest BCUT2D eigenvalue weighted by atomic mass is 32.2. The fourth-order valence-corrected chi connectivity index (χ4v) is 4.14. The number of hydrogen-bond donors (Lipinski definition) is 1. The van der Waals surface area contributed by atoms with Gasteiger partial charge in [0.2, 0.25) is 0 Å². The van der Waals surface area contributed by atoms with Crippen LogP contribution in [0.25, 0.3) is 0 Å². The van der Waals surface area contributed by atoms with Gasteiger partial charge in [0, 0.05) is 22.7 Å². The van der Waals surface area contributed by atoms with Crippen molar-refractivity contribution in [2.75, 3.05) is 12.8 Å². The highest BCUT2D eigenvalue weighted by Crippen LogP contribution is 2.39. The van der Waals surface area contributed by atoms with Crippen LogP contribution < -0.4 is 5.32 Å². The SMILES string of the molecule is CSC1(CNCc2ccc(C#N)s2)CCCC1. The summed E-state index contributed by atoms with van der Waals surface area (Å²) in [5, 5.41) is 12.3. The number of hydrogen-bond acceptors (Lipinski definition) is 4. The zero-order valence-electron chi connectivity index (χ0n) is 10.2. The van der Waals surface area contributed by atoms with Crippen LogP contribution in [0.15, 0.2) is 12.1 Å². The largest absolute Gasteiger partial charge is 0.310 e. The molecule has 0 aliphatic heterocycles. The molecule has 1 fully saturated rings. The zero-order valence-corrected chi connectivity index (χ0v) is 11.8. The summed E-state index contributed by atoms with van der Waals surface area (Å²) in [6, 6.07) is 6.14. The van der Waals surface area contributed by atoms with Crippen molar-refractivity contribution in [2.45, 2.75) is 37.0 Å². The third-order valence-corrected chi connectivity index (χ3v) is 5.87. The van der Waals surface area contributed by atoms with Gasteiger partial charge in [-0.1, -0.05) is 12.8 Å². The van der Waals surface area contributed by atoms with Crippen molar-refractivity contribution >= 4 is 23.1 Å². The molecule has 2 rings (SSSR count). The van der Waals surface area contributed by atoms with Crippen molar-refractivity contribution in [1.82, 2.24) is 5.32 Å². The van der Waals surface area contributed by atoms with E-state index in [1.54, 1.807) is 11.3 Å². The van der Waals surface area contributed by atoms with E-state index in [9.17, 15) is 0 Å². The second kappa shape index (κ2) is 5.90. The Hall–Kier alpha value is -0.500. The van der Waals surface area contributed by atoms with Crippen LogP contribution >= 0.6 is 23.1 Å². The van der Waals surface area contributed by atoms with Crippen LogP contribution in [-0.2, 0) is 6.54 Å². The molecule has 1 heterocycles. The number of thiophene rings is 1. The first-order valence-electron chi connectivity index (χ1n) is 6.03. The fraction of sp³-hybridized carbons (Fsp3) is 0.615. The Bertz CT molecular complexity index is 400. The van der Waals surface area contributed by atoms with Crippen molar-refractivity contribution in [2.24, 2.45) is 0 Å². The van der Waals surface area contributed by atoms with Gasteiger partial charge < -0.3 is 5.32 Å². The minimum absolute atomic E-state index is 0.468. The summed E-state index contributed by atoms with van der Waals surface area (Å²) in [4.78, 5) is 2.07. The van der Waals surface area contributed by atoms with Crippen LogP contribution in [0.2, 0.25) is 0 Å². The van der Waals surface area contributed by atoms with E-state index in [-0.39, 0.29) is 0 Å². The summed E-state index contributed by atoms with van der Waals surface area (Å²) in [6.07, 6.45) is 7.66. The van der Waals surface area contributed by atoms with Crippen LogP contribution in [0, 0.1) is 11.3 Å². The van der Waals surface area contributed by atoms with Gasteiger partial charge in [-0.2, -0.15) is 17.0 Å². The molecule has 1 aliphatic carbocycles. The van der Waals surface area contributed by atoms with Gasteiger partial charge in [0.1, 0.15) is 10.9 Å². The highest BCUT2D eigenvalue weighted by molar-refractivity contribution is 8.00. The topological polar surface area (TPSA) is 35.8 Å². The van der Waals surface area contributed by atoms with Gasteiger partial charge in [0.25, 0.3) is 0 Å². The van der Waals surface area contributed by atoms with E-state index in [1.807, 2.05) is 17.8 Å². The molecule has 1 aromatic heterocycles. The molecule has 0 unspecified atom stereocenters. The molecule has 4 heteroatoms. The van der Waals surface area contributed by atoms with Crippen LogP contribution in [0.3, 0.4) is 0 Å². The second-order valence-electron chi connectivity index (χ2n) is 4.58. The maximum absolute atomic E-state index is 8.76. The van der Waals surface area contributed by atoms with Crippen molar-refractivity contribution in [3.8, 4) is 6.07 Å². The molecule has 0 atom stereocenters. The van der Waals surface area contributed by atoms with Crippen molar-refractivity contribution in [3.05, 3.63) is 21.9 Å². The number of nitriles is 1. The molecule has 1 aromatic rings. The lowest BCUT2D eigenvalue weighted by Gasteiger charge is -2.26. The smallest absolute Gasteiger partial charge is 0.110 e.